The number of benzene rings is 1. The molecule has 4 aromatic rings. The van der Waals surface area contributed by atoms with E-state index in [1.807, 2.05) is 0 Å². The number of aryl methyl sites for hydroxylation is 2. The molecular formula is C28H27F3N4O5. The van der Waals surface area contributed by atoms with Gasteiger partial charge in [-0.1, -0.05) is 0 Å². The van der Waals surface area contributed by atoms with E-state index in [0.29, 0.717) is 63.4 Å². The molecule has 40 heavy (non-hydrogen) atoms. The maximum Gasteiger partial charge on any atom is 0.411 e. The first-order chi connectivity index (χ1) is 19.0. The van der Waals surface area contributed by atoms with Crippen molar-refractivity contribution < 1.29 is 36.7 Å². The highest BCUT2D eigenvalue weighted by atomic mass is 19.4. The van der Waals surface area contributed by atoms with Gasteiger partial charge in [0, 0.05) is 43.2 Å². The van der Waals surface area contributed by atoms with Gasteiger partial charge in [-0.3, -0.25) is 9.59 Å². The molecule has 2 fully saturated rings. The molecule has 2 unspecified atom stereocenters. The highest BCUT2D eigenvalue weighted by Gasteiger charge is 2.56. The summed E-state index contributed by atoms with van der Waals surface area (Å²) >= 11 is 0. The fourth-order valence-electron chi connectivity index (χ4n) is 5.89. The van der Waals surface area contributed by atoms with Crippen LogP contribution in [-0.2, 0) is 4.74 Å². The number of carbonyl (C=O) groups is 2. The van der Waals surface area contributed by atoms with Gasteiger partial charge >= 0.3 is 6.18 Å². The van der Waals surface area contributed by atoms with Crippen LogP contribution in [0, 0.1) is 19.8 Å². The van der Waals surface area contributed by atoms with Gasteiger partial charge in [-0.15, -0.1) is 0 Å². The molecule has 2 atom stereocenters. The van der Waals surface area contributed by atoms with Crippen LogP contribution in [0.25, 0.3) is 16.5 Å². The maximum atomic E-state index is 13.6. The molecule has 2 aliphatic rings. The Morgan fingerprint density at radius 2 is 2.05 bits per heavy atom. The summed E-state index contributed by atoms with van der Waals surface area (Å²) in [5.41, 5.74) is 1.62. The number of alkyl halides is 3. The van der Waals surface area contributed by atoms with E-state index in [9.17, 15) is 22.8 Å². The Morgan fingerprint density at radius 1 is 1.25 bits per heavy atom. The molecule has 0 radical (unpaired) electrons. The lowest BCUT2D eigenvalue weighted by molar-refractivity contribution is -0.225. The third-order valence-electron chi connectivity index (χ3n) is 8.01. The second-order valence-electron chi connectivity index (χ2n) is 10.4. The van der Waals surface area contributed by atoms with Crippen molar-refractivity contribution in [1.82, 2.24) is 19.8 Å². The van der Waals surface area contributed by atoms with Crippen molar-refractivity contribution in [3.8, 4) is 11.5 Å². The zero-order valence-electron chi connectivity index (χ0n) is 22.1. The SMILES string of the molecule is CNC(=O)c1c(C)oc2cc(Oc3ccnn4cc(C(=O)N5CC6CCC6(OCC(F)(F)F)C5)c(C)c34)ccc12. The highest BCUT2D eigenvalue weighted by molar-refractivity contribution is 6.07. The molecule has 1 N–H and O–H groups in total. The molecule has 0 spiro atoms. The number of hydrogen-bond acceptors (Lipinski definition) is 6. The number of carbonyl (C=O) groups excluding carboxylic acids is 2. The molecular weight excluding hydrogens is 529 g/mol. The summed E-state index contributed by atoms with van der Waals surface area (Å²) in [5.74, 6) is 0.762. The van der Waals surface area contributed by atoms with Gasteiger partial charge in [0.15, 0.2) is 5.75 Å². The number of nitrogens with zero attached hydrogens (tertiary/aromatic N) is 3. The van der Waals surface area contributed by atoms with Crippen molar-refractivity contribution in [1.29, 1.82) is 0 Å². The van der Waals surface area contributed by atoms with E-state index in [2.05, 4.69) is 10.4 Å². The Kier molecular flexibility index (Phi) is 6.06. The summed E-state index contributed by atoms with van der Waals surface area (Å²) in [6.45, 7) is 2.65. The zero-order chi connectivity index (χ0) is 28.4. The lowest BCUT2D eigenvalue weighted by Gasteiger charge is -2.43. The number of fused-ring (bicyclic) bond motifs is 3. The molecule has 1 aliphatic heterocycles. The minimum absolute atomic E-state index is 0.114. The summed E-state index contributed by atoms with van der Waals surface area (Å²) in [4.78, 5) is 27.4. The number of aromatic nitrogens is 2. The molecule has 4 heterocycles. The van der Waals surface area contributed by atoms with Crippen LogP contribution in [0.4, 0.5) is 13.2 Å². The first kappa shape index (κ1) is 26.2. The van der Waals surface area contributed by atoms with Crippen molar-refractivity contribution in [3.63, 3.8) is 0 Å². The molecule has 3 aromatic heterocycles. The second kappa shape index (κ2) is 9.26. The van der Waals surface area contributed by atoms with Crippen molar-refractivity contribution in [2.75, 3.05) is 26.7 Å². The number of likely N-dealkylation sites (tertiary alicyclic amines) is 1. The van der Waals surface area contributed by atoms with Gasteiger partial charge < -0.3 is 24.1 Å². The van der Waals surface area contributed by atoms with Gasteiger partial charge in [0.25, 0.3) is 11.8 Å². The average Bonchev–Trinajstić information content (AvgIpc) is 3.50. The van der Waals surface area contributed by atoms with Gasteiger partial charge in [0.1, 0.15) is 29.2 Å². The van der Waals surface area contributed by atoms with E-state index in [-0.39, 0.29) is 24.3 Å². The predicted molar refractivity (Wildman–Crippen MR) is 138 cm³/mol. The number of hydrogen-bond donors (Lipinski definition) is 1. The van der Waals surface area contributed by atoms with Crippen molar-refractivity contribution in [2.24, 2.45) is 5.92 Å². The number of nitrogens with one attached hydrogen (secondary N) is 1. The molecule has 6 rings (SSSR count). The smallest absolute Gasteiger partial charge is 0.411 e. The largest absolute Gasteiger partial charge is 0.460 e. The topological polar surface area (TPSA) is 98.3 Å². The van der Waals surface area contributed by atoms with Gasteiger partial charge in [0.05, 0.1) is 29.5 Å². The molecule has 9 nitrogen and oxygen atoms in total. The van der Waals surface area contributed by atoms with Gasteiger partial charge in [-0.25, -0.2) is 4.52 Å². The summed E-state index contributed by atoms with van der Waals surface area (Å²) < 4.78 is 57.3. The quantitative estimate of drug-likeness (QED) is 0.358. The zero-order valence-corrected chi connectivity index (χ0v) is 22.1. The first-order valence-corrected chi connectivity index (χ1v) is 12.9. The van der Waals surface area contributed by atoms with E-state index in [1.165, 1.54) is 0 Å². The van der Waals surface area contributed by atoms with E-state index in [1.54, 1.807) is 67.0 Å². The Labute approximate surface area is 226 Å². The first-order valence-electron chi connectivity index (χ1n) is 12.9. The third kappa shape index (κ3) is 4.26. The minimum Gasteiger partial charge on any atom is -0.460 e. The number of rotatable bonds is 6. The van der Waals surface area contributed by atoms with Crippen molar-refractivity contribution in [2.45, 2.75) is 38.5 Å². The maximum absolute atomic E-state index is 13.6. The molecule has 1 aliphatic carbocycles. The van der Waals surface area contributed by atoms with Crippen LogP contribution in [0.5, 0.6) is 11.5 Å². The van der Waals surface area contributed by atoms with Crippen molar-refractivity contribution in [3.05, 3.63) is 59.1 Å². The number of ether oxygens (including phenoxy) is 2. The summed E-state index contributed by atoms with van der Waals surface area (Å²) in [5, 5.41) is 7.61. The van der Waals surface area contributed by atoms with Crippen LogP contribution in [0.1, 0.15) is 44.9 Å². The molecule has 2 amide bonds. The molecule has 0 bridgehead atoms. The van der Waals surface area contributed by atoms with E-state index < -0.39 is 18.4 Å². The summed E-state index contributed by atoms with van der Waals surface area (Å²) in [7, 11) is 1.55. The molecule has 1 aromatic carbocycles. The van der Waals surface area contributed by atoms with Gasteiger partial charge in [-0.05, 0) is 44.4 Å². The van der Waals surface area contributed by atoms with Crippen LogP contribution in [0.2, 0.25) is 0 Å². The Hall–Kier alpha value is -4.06. The van der Waals surface area contributed by atoms with Crippen LogP contribution in [0.3, 0.4) is 0 Å². The lowest BCUT2D eigenvalue weighted by Crippen LogP contribution is -2.50. The Bertz CT molecular complexity index is 1660. The number of halogens is 3. The van der Waals surface area contributed by atoms with Crippen molar-refractivity contribution >= 4 is 28.3 Å². The summed E-state index contributed by atoms with van der Waals surface area (Å²) in [6, 6.07) is 6.85. The van der Waals surface area contributed by atoms with Crippen LogP contribution < -0.4 is 10.1 Å². The molecule has 1 saturated heterocycles. The fraction of sp³-hybridized carbons (Fsp3) is 0.393. The molecule has 210 valence electrons. The standard InChI is InChI=1S/C28H27F3N4O5/c1-15-20(26(37)34-11-17-6-8-27(17,13-34)38-14-28(29,30)31)12-35-24(15)21(7-9-33-35)40-18-4-5-19-22(10-18)39-16(2)23(19)25(36)32-3/h4-5,7,9-10,12,17H,6,8,11,13-14H2,1-3H3,(H,32,36). The van der Waals surface area contributed by atoms with Crippen LogP contribution in [-0.4, -0.2) is 64.8 Å². The average molecular weight is 557 g/mol. The minimum atomic E-state index is -4.42. The van der Waals surface area contributed by atoms with E-state index in [4.69, 9.17) is 13.9 Å². The van der Waals surface area contributed by atoms with Gasteiger partial charge in [-0.2, -0.15) is 18.3 Å². The third-order valence-corrected chi connectivity index (χ3v) is 8.01. The van der Waals surface area contributed by atoms with Crippen LogP contribution >= 0.6 is 0 Å². The number of amides is 2. The fourth-order valence-corrected chi connectivity index (χ4v) is 5.89. The molecule has 12 heteroatoms. The van der Waals surface area contributed by atoms with Crippen LogP contribution in [0.15, 0.2) is 41.1 Å². The van der Waals surface area contributed by atoms with E-state index in [0.717, 1.165) is 6.42 Å². The Balaban J connectivity index is 1.27. The van der Waals surface area contributed by atoms with Gasteiger partial charge in [0.2, 0.25) is 0 Å². The normalized spacial score (nSPS) is 20.6. The van der Waals surface area contributed by atoms with E-state index >= 15 is 0 Å². The lowest BCUT2D eigenvalue weighted by atomic mass is 9.72. The second-order valence-corrected chi connectivity index (χ2v) is 10.4. The Morgan fingerprint density at radius 3 is 2.75 bits per heavy atom. The monoisotopic (exact) mass is 556 g/mol. The summed E-state index contributed by atoms with van der Waals surface area (Å²) in [6.07, 6.45) is -0.0405. The predicted octanol–water partition coefficient (Wildman–Crippen LogP) is 5.03. The highest BCUT2D eigenvalue weighted by Crippen LogP contribution is 2.48. The molecule has 1 saturated carbocycles. The number of furan rings is 1.